The number of rotatable bonds is 5. The number of halogens is 1. The Morgan fingerprint density at radius 2 is 2.14 bits per heavy atom. The fourth-order valence-electron chi connectivity index (χ4n) is 3.75. The van der Waals surface area contributed by atoms with Crippen LogP contribution in [0.25, 0.3) is 0 Å². The van der Waals surface area contributed by atoms with Gasteiger partial charge in [0.15, 0.2) is 0 Å². The number of benzene rings is 1. The Kier molecular flexibility index (Phi) is 5.09. The first kappa shape index (κ1) is 18.6. The molecular weight excluding hydrogens is 357 g/mol. The van der Waals surface area contributed by atoms with Crippen LogP contribution in [0.2, 0.25) is 0 Å². The first-order chi connectivity index (χ1) is 13.6. The molecule has 4 rings (SSSR count). The van der Waals surface area contributed by atoms with Crippen molar-refractivity contribution in [2.75, 3.05) is 13.7 Å². The van der Waals surface area contributed by atoms with E-state index in [1.807, 2.05) is 6.07 Å². The Bertz CT molecular complexity index is 971. The van der Waals surface area contributed by atoms with Crippen molar-refractivity contribution in [3.05, 3.63) is 71.1 Å². The quantitative estimate of drug-likeness (QED) is 0.731. The zero-order valence-corrected chi connectivity index (χ0v) is 16.3. The maximum Gasteiger partial charge on any atom is 0.131 e. The number of aromatic nitrogens is 4. The smallest absolute Gasteiger partial charge is 0.131 e. The van der Waals surface area contributed by atoms with Crippen LogP contribution in [-0.4, -0.2) is 38.5 Å². The molecule has 0 saturated carbocycles. The van der Waals surface area contributed by atoms with Gasteiger partial charge in [-0.15, -0.1) is 0 Å². The molecule has 3 aromatic rings. The first-order valence-electron chi connectivity index (χ1n) is 9.48. The zero-order valence-electron chi connectivity index (χ0n) is 16.3. The Morgan fingerprint density at radius 1 is 1.29 bits per heavy atom. The Labute approximate surface area is 163 Å². The molecule has 6 nitrogen and oxygen atoms in total. The summed E-state index contributed by atoms with van der Waals surface area (Å²) in [6, 6.07) is 6.36. The number of nitrogens with one attached hydrogen (secondary N) is 1. The minimum absolute atomic E-state index is 0.210. The van der Waals surface area contributed by atoms with E-state index in [1.54, 1.807) is 31.8 Å². The molecule has 1 aromatic carbocycles. The highest BCUT2D eigenvalue weighted by Crippen LogP contribution is 2.38. The van der Waals surface area contributed by atoms with E-state index in [0.717, 1.165) is 41.4 Å². The molecule has 0 radical (unpaired) electrons. The van der Waals surface area contributed by atoms with Gasteiger partial charge in [0.05, 0.1) is 30.9 Å². The van der Waals surface area contributed by atoms with Gasteiger partial charge in [-0.2, -0.15) is 0 Å². The largest absolute Gasteiger partial charge is 0.496 e. The van der Waals surface area contributed by atoms with E-state index in [4.69, 9.17) is 9.72 Å². The molecule has 1 aliphatic rings. The standard InChI is InChI=1S/C21H24FN5O/c1-13(2)21-23-8-6-15(26-21)11-27-9-7-17-19(25-12-24-17)20(27)16-10-14(22)4-5-18(16)28-3/h4-6,8,10,12-13,20H,7,9,11H2,1-3H3,(H,24,25). The molecule has 0 saturated heterocycles. The van der Waals surface area contributed by atoms with Gasteiger partial charge in [0.2, 0.25) is 0 Å². The molecule has 28 heavy (non-hydrogen) atoms. The summed E-state index contributed by atoms with van der Waals surface area (Å²) in [5.41, 5.74) is 3.71. The van der Waals surface area contributed by atoms with Gasteiger partial charge in [0.1, 0.15) is 17.4 Å². The van der Waals surface area contributed by atoms with Gasteiger partial charge in [0, 0.05) is 42.9 Å². The summed E-state index contributed by atoms with van der Waals surface area (Å²) in [6.07, 6.45) is 4.36. The van der Waals surface area contributed by atoms with Crippen molar-refractivity contribution in [3.8, 4) is 5.75 Å². The number of nitrogens with zero attached hydrogens (tertiary/aromatic N) is 4. The van der Waals surface area contributed by atoms with Crippen molar-refractivity contribution in [2.24, 2.45) is 0 Å². The summed E-state index contributed by atoms with van der Waals surface area (Å²) < 4.78 is 19.7. The van der Waals surface area contributed by atoms with Crippen molar-refractivity contribution in [1.29, 1.82) is 0 Å². The molecule has 0 aliphatic carbocycles. The van der Waals surface area contributed by atoms with Crippen LogP contribution in [0.3, 0.4) is 0 Å². The molecule has 146 valence electrons. The molecule has 0 bridgehead atoms. The van der Waals surface area contributed by atoms with Crippen molar-refractivity contribution >= 4 is 0 Å². The van der Waals surface area contributed by atoms with E-state index in [0.29, 0.717) is 12.3 Å². The van der Waals surface area contributed by atoms with Gasteiger partial charge in [-0.25, -0.2) is 19.3 Å². The van der Waals surface area contributed by atoms with Crippen molar-refractivity contribution in [3.63, 3.8) is 0 Å². The second-order valence-corrected chi connectivity index (χ2v) is 7.34. The average Bonchev–Trinajstić information content (AvgIpc) is 3.17. The van der Waals surface area contributed by atoms with E-state index in [1.165, 1.54) is 6.07 Å². The molecule has 1 N–H and O–H groups in total. The molecule has 1 atom stereocenters. The van der Waals surface area contributed by atoms with Crippen LogP contribution in [0.15, 0.2) is 36.8 Å². The van der Waals surface area contributed by atoms with Crippen molar-refractivity contribution in [2.45, 2.75) is 38.8 Å². The summed E-state index contributed by atoms with van der Waals surface area (Å²) in [5.74, 6) is 1.45. The maximum atomic E-state index is 14.1. The number of hydrogen-bond acceptors (Lipinski definition) is 5. The highest BCUT2D eigenvalue weighted by Gasteiger charge is 2.33. The summed E-state index contributed by atoms with van der Waals surface area (Å²) in [7, 11) is 1.61. The van der Waals surface area contributed by atoms with Crippen LogP contribution in [-0.2, 0) is 13.0 Å². The molecule has 0 fully saturated rings. The summed E-state index contributed by atoms with van der Waals surface area (Å²) in [4.78, 5) is 19.1. The van der Waals surface area contributed by atoms with E-state index in [-0.39, 0.29) is 17.8 Å². The molecule has 1 aliphatic heterocycles. The van der Waals surface area contributed by atoms with Gasteiger partial charge in [0.25, 0.3) is 0 Å². The predicted octanol–water partition coefficient (Wildman–Crippen LogP) is 3.62. The van der Waals surface area contributed by atoms with Gasteiger partial charge in [-0.1, -0.05) is 13.8 Å². The van der Waals surface area contributed by atoms with Crippen LogP contribution in [0, 0.1) is 5.82 Å². The minimum Gasteiger partial charge on any atom is -0.496 e. The summed E-state index contributed by atoms with van der Waals surface area (Å²) in [5, 5.41) is 0. The van der Waals surface area contributed by atoms with Crippen LogP contribution >= 0.6 is 0 Å². The Hall–Kier alpha value is -2.80. The highest BCUT2D eigenvalue weighted by atomic mass is 19.1. The number of ether oxygens (including phenoxy) is 1. The van der Waals surface area contributed by atoms with E-state index < -0.39 is 0 Å². The average molecular weight is 381 g/mol. The number of fused-ring (bicyclic) bond motifs is 1. The van der Waals surface area contributed by atoms with Crippen molar-refractivity contribution in [1.82, 2.24) is 24.8 Å². The topological polar surface area (TPSA) is 66.9 Å². The Morgan fingerprint density at radius 3 is 2.93 bits per heavy atom. The SMILES string of the molecule is COc1ccc(F)cc1C1c2nc[nH]c2CCN1Cc1ccnc(C(C)C)n1. The van der Waals surface area contributed by atoms with Crippen LogP contribution < -0.4 is 4.74 Å². The summed E-state index contributed by atoms with van der Waals surface area (Å²) in [6.45, 7) is 5.59. The third kappa shape index (κ3) is 3.49. The highest BCUT2D eigenvalue weighted by molar-refractivity contribution is 5.42. The summed E-state index contributed by atoms with van der Waals surface area (Å²) >= 11 is 0. The monoisotopic (exact) mass is 381 g/mol. The fourth-order valence-corrected chi connectivity index (χ4v) is 3.75. The van der Waals surface area contributed by atoms with E-state index in [9.17, 15) is 4.39 Å². The lowest BCUT2D eigenvalue weighted by atomic mass is 9.94. The molecule has 0 spiro atoms. The normalized spacial score (nSPS) is 17.0. The molecule has 0 amide bonds. The van der Waals surface area contributed by atoms with Gasteiger partial charge in [-0.3, -0.25) is 4.90 Å². The lowest BCUT2D eigenvalue weighted by Crippen LogP contribution is -2.36. The van der Waals surface area contributed by atoms with E-state index in [2.05, 4.69) is 33.7 Å². The predicted molar refractivity (Wildman–Crippen MR) is 104 cm³/mol. The van der Waals surface area contributed by atoms with Gasteiger partial charge in [-0.05, 0) is 24.3 Å². The Balaban J connectivity index is 1.75. The molecule has 1 unspecified atom stereocenters. The third-order valence-corrected chi connectivity index (χ3v) is 5.12. The fraction of sp³-hybridized carbons (Fsp3) is 0.381. The minimum atomic E-state index is -0.289. The molecule has 7 heteroatoms. The number of H-pyrrole nitrogens is 1. The zero-order chi connectivity index (χ0) is 19.7. The van der Waals surface area contributed by atoms with Crippen LogP contribution in [0.1, 0.15) is 54.3 Å². The second kappa shape index (κ2) is 7.67. The first-order valence-corrected chi connectivity index (χ1v) is 9.48. The van der Waals surface area contributed by atoms with Crippen LogP contribution in [0.4, 0.5) is 4.39 Å². The maximum absolute atomic E-state index is 14.1. The van der Waals surface area contributed by atoms with E-state index >= 15 is 0 Å². The molecular formula is C21H24FN5O. The lowest BCUT2D eigenvalue weighted by Gasteiger charge is -2.35. The molecule has 2 aromatic heterocycles. The second-order valence-electron chi connectivity index (χ2n) is 7.34. The third-order valence-electron chi connectivity index (χ3n) is 5.12. The number of hydrogen-bond donors (Lipinski definition) is 1. The number of imidazole rings is 1. The number of aromatic amines is 1. The molecule has 3 heterocycles. The number of methoxy groups -OCH3 is 1. The van der Waals surface area contributed by atoms with Crippen LogP contribution in [0.5, 0.6) is 5.75 Å². The lowest BCUT2D eigenvalue weighted by molar-refractivity contribution is 0.194. The van der Waals surface area contributed by atoms with Crippen molar-refractivity contribution < 1.29 is 9.13 Å². The van der Waals surface area contributed by atoms with Gasteiger partial charge < -0.3 is 9.72 Å². The van der Waals surface area contributed by atoms with Gasteiger partial charge >= 0.3 is 0 Å².